The Morgan fingerprint density at radius 2 is 1.33 bits per heavy atom. The largest absolute Gasteiger partial charge is 0.356 e. The van der Waals surface area contributed by atoms with Crippen LogP contribution in [0.4, 0.5) is 0 Å². The van der Waals surface area contributed by atoms with Crippen LogP contribution in [0.3, 0.4) is 0 Å². The van der Waals surface area contributed by atoms with Crippen LogP contribution in [0.25, 0.3) is 0 Å². The van der Waals surface area contributed by atoms with Gasteiger partial charge in [-0.25, -0.2) is 0 Å². The van der Waals surface area contributed by atoms with Gasteiger partial charge in [0.1, 0.15) is 6.04 Å². The average Bonchev–Trinajstić information content (AvgIpc) is 2.96. The maximum absolute atomic E-state index is 13.2. The third kappa shape index (κ3) is 10.9. The summed E-state index contributed by atoms with van der Waals surface area (Å²) in [4.78, 5) is 38.2. The number of alkyl halides is 1. The second-order valence-electron chi connectivity index (χ2n) is 9.72. The summed E-state index contributed by atoms with van der Waals surface area (Å²) in [5.41, 5.74) is 2.95. The van der Waals surface area contributed by atoms with Gasteiger partial charge in [-0.05, 0) is 49.3 Å². The highest BCUT2D eigenvalue weighted by Crippen LogP contribution is 2.24. The van der Waals surface area contributed by atoms with Crippen LogP contribution in [0.1, 0.15) is 54.7 Å². The van der Waals surface area contributed by atoms with Gasteiger partial charge >= 0.3 is 0 Å². The zero-order valence-corrected chi connectivity index (χ0v) is 23.2. The maximum Gasteiger partial charge on any atom is 0.242 e. The minimum Gasteiger partial charge on any atom is -0.356 e. The molecule has 39 heavy (non-hydrogen) atoms. The molecule has 1 unspecified atom stereocenters. The topological polar surface area (TPSA) is 87.3 Å². The number of aryl methyl sites for hydroxylation is 1. The molecule has 3 aromatic rings. The molecular weight excluding hydrogens is 510 g/mol. The van der Waals surface area contributed by atoms with Crippen LogP contribution in [0.2, 0.25) is 0 Å². The van der Waals surface area contributed by atoms with Crippen LogP contribution in [0.15, 0.2) is 91.0 Å². The van der Waals surface area contributed by atoms with E-state index in [1.54, 1.807) is 0 Å². The molecule has 0 saturated carbocycles. The number of nitrogens with one attached hydrogen (secondary N) is 3. The molecule has 0 spiro atoms. The normalized spacial score (nSPS) is 13.1. The first-order chi connectivity index (χ1) is 18.9. The van der Waals surface area contributed by atoms with E-state index in [0.29, 0.717) is 45.1 Å². The van der Waals surface area contributed by atoms with Gasteiger partial charge in [0.2, 0.25) is 17.7 Å². The van der Waals surface area contributed by atoms with E-state index in [1.165, 1.54) is 0 Å². The van der Waals surface area contributed by atoms with Crippen LogP contribution >= 0.6 is 11.6 Å². The van der Waals surface area contributed by atoms with E-state index in [0.717, 1.165) is 16.7 Å². The fourth-order valence-electron chi connectivity index (χ4n) is 4.31. The van der Waals surface area contributed by atoms with Crippen molar-refractivity contribution in [2.75, 3.05) is 6.54 Å². The first-order valence-corrected chi connectivity index (χ1v) is 14.0. The minimum atomic E-state index is -0.685. The van der Waals surface area contributed by atoms with Gasteiger partial charge in [-0.2, -0.15) is 0 Å². The molecule has 7 heteroatoms. The second kappa shape index (κ2) is 16.4. The van der Waals surface area contributed by atoms with Gasteiger partial charge in [-0.3, -0.25) is 14.4 Å². The Kier molecular flexibility index (Phi) is 12.5. The lowest BCUT2D eigenvalue weighted by Crippen LogP contribution is -2.49. The first-order valence-electron chi connectivity index (χ1n) is 13.6. The molecule has 0 heterocycles. The molecule has 0 aliphatic carbocycles. The Balaban J connectivity index is 1.50. The van der Waals surface area contributed by atoms with E-state index in [1.807, 2.05) is 97.9 Å². The zero-order valence-electron chi connectivity index (χ0n) is 22.4. The number of halogens is 1. The van der Waals surface area contributed by atoms with Crippen molar-refractivity contribution < 1.29 is 14.4 Å². The van der Waals surface area contributed by atoms with Crippen molar-refractivity contribution in [1.29, 1.82) is 0 Å². The molecule has 0 aromatic heterocycles. The molecule has 0 bridgehead atoms. The Morgan fingerprint density at radius 3 is 1.97 bits per heavy atom. The van der Waals surface area contributed by atoms with Crippen molar-refractivity contribution in [3.63, 3.8) is 0 Å². The molecule has 0 fully saturated rings. The molecule has 3 atom stereocenters. The third-order valence-corrected chi connectivity index (χ3v) is 7.14. The highest BCUT2D eigenvalue weighted by molar-refractivity contribution is 6.21. The van der Waals surface area contributed by atoms with E-state index in [2.05, 4.69) is 16.0 Å². The van der Waals surface area contributed by atoms with E-state index < -0.39 is 11.4 Å². The fraction of sp³-hybridized carbons (Fsp3) is 0.344. The van der Waals surface area contributed by atoms with Crippen LogP contribution < -0.4 is 16.0 Å². The minimum absolute atomic E-state index is 0.0346. The number of rotatable bonds is 15. The monoisotopic (exact) mass is 547 g/mol. The third-order valence-electron chi connectivity index (χ3n) is 6.51. The van der Waals surface area contributed by atoms with Gasteiger partial charge in [-0.15, -0.1) is 11.6 Å². The molecule has 3 N–H and O–H groups in total. The number of hydrogen-bond donors (Lipinski definition) is 3. The zero-order chi connectivity index (χ0) is 27.9. The number of carbonyl (C=O) groups excluding carboxylic acids is 3. The number of hydrogen-bond acceptors (Lipinski definition) is 3. The summed E-state index contributed by atoms with van der Waals surface area (Å²) in [6.07, 6.45) is 3.05. The Hall–Kier alpha value is -3.64. The van der Waals surface area contributed by atoms with Crippen LogP contribution in [0.5, 0.6) is 0 Å². The predicted octanol–water partition coefficient (Wildman–Crippen LogP) is 5.12. The predicted molar refractivity (Wildman–Crippen MR) is 156 cm³/mol. The maximum atomic E-state index is 13.2. The molecule has 0 aliphatic rings. The molecule has 0 radical (unpaired) electrons. The van der Waals surface area contributed by atoms with Gasteiger partial charge in [0.25, 0.3) is 0 Å². The molecule has 6 nitrogen and oxygen atoms in total. The highest BCUT2D eigenvalue weighted by atomic mass is 35.5. The molecule has 3 aromatic carbocycles. The first kappa shape index (κ1) is 29.9. The summed E-state index contributed by atoms with van der Waals surface area (Å²) in [6, 6.07) is 28.0. The van der Waals surface area contributed by atoms with Gasteiger partial charge in [0.15, 0.2) is 0 Å². The van der Waals surface area contributed by atoms with Gasteiger partial charge in [0, 0.05) is 19.0 Å². The Labute approximate surface area is 236 Å². The SMILES string of the molecule is C[C@H](NC(=O)C(CCCCNC(=O)Cc1ccccc1)NC(=O)CCc1ccccc1)[C@@H](Cl)c1ccccc1. The molecule has 0 saturated heterocycles. The summed E-state index contributed by atoms with van der Waals surface area (Å²) in [6.45, 7) is 2.37. The second-order valence-corrected chi connectivity index (χ2v) is 10.2. The van der Waals surface area contributed by atoms with Crippen LogP contribution in [-0.4, -0.2) is 36.3 Å². The summed E-state index contributed by atoms with van der Waals surface area (Å²) in [5, 5.41) is 8.45. The number of carbonyl (C=O) groups is 3. The van der Waals surface area contributed by atoms with Gasteiger partial charge in [0.05, 0.1) is 11.8 Å². The smallest absolute Gasteiger partial charge is 0.242 e. The van der Waals surface area contributed by atoms with Crippen molar-refractivity contribution in [3.05, 3.63) is 108 Å². The number of benzene rings is 3. The van der Waals surface area contributed by atoms with Crippen molar-refractivity contribution in [3.8, 4) is 0 Å². The summed E-state index contributed by atoms with van der Waals surface area (Å²) >= 11 is 6.62. The van der Waals surface area contributed by atoms with Crippen LogP contribution in [-0.2, 0) is 27.2 Å². The summed E-state index contributed by atoms with van der Waals surface area (Å²) in [7, 11) is 0. The molecule has 0 aliphatic heterocycles. The average molecular weight is 548 g/mol. The molecular formula is C32H38ClN3O3. The lowest BCUT2D eigenvalue weighted by Gasteiger charge is -2.24. The van der Waals surface area contributed by atoms with E-state index in [9.17, 15) is 14.4 Å². The van der Waals surface area contributed by atoms with Crippen LogP contribution in [0, 0.1) is 0 Å². The highest BCUT2D eigenvalue weighted by Gasteiger charge is 2.25. The van der Waals surface area contributed by atoms with Gasteiger partial charge < -0.3 is 16.0 Å². The summed E-state index contributed by atoms with van der Waals surface area (Å²) < 4.78 is 0. The van der Waals surface area contributed by atoms with E-state index in [-0.39, 0.29) is 23.8 Å². The van der Waals surface area contributed by atoms with E-state index in [4.69, 9.17) is 11.6 Å². The van der Waals surface area contributed by atoms with Crippen molar-refractivity contribution >= 4 is 29.3 Å². The number of amides is 3. The number of unbranched alkanes of at least 4 members (excludes halogenated alkanes) is 1. The molecule has 206 valence electrons. The fourth-order valence-corrected chi connectivity index (χ4v) is 4.52. The lowest BCUT2D eigenvalue weighted by atomic mass is 10.0. The Bertz CT molecular complexity index is 1160. The van der Waals surface area contributed by atoms with E-state index >= 15 is 0 Å². The molecule has 3 amide bonds. The standard InChI is InChI=1S/C32H38ClN3O3/c1-24(31(33)27-17-9-4-10-18-27)35-32(39)28(36-29(37)21-20-25-13-5-2-6-14-25)19-11-12-22-34-30(38)23-26-15-7-3-8-16-26/h2-10,13-18,24,28,31H,11-12,19-23H2,1H3,(H,34,38)(H,35,39)(H,36,37)/t24-,28?,31+/m0/s1. The summed E-state index contributed by atoms with van der Waals surface area (Å²) in [5.74, 6) is -0.467. The molecule has 3 rings (SSSR count). The lowest BCUT2D eigenvalue weighted by molar-refractivity contribution is -0.129. The van der Waals surface area contributed by atoms with Crippen molar-refractivity contribution in [2.45, 2.75) is 62.9 Å². The van der Waals surface area contributed by atoms with Crippen molar-refractivity contribution in [1.82, 2.24) is 16.0 Å². The quantitative estimate of drug-likeness (QED) is 0.182. The van der Waals surface area contributed by atoms with Crippen molar-refractivity contribution in [2.24, 2.45) is 0 Å². The Morgan fingerprint density at radius 1 is 0.744 bits per heavy atom. The van der Waals surface area contributed by atoms with Gasteiger partial charge in [-0.1, -0.05) is 91.0 Å².